The fourth-order valence-corrected chi connectivity index (χ4v) is 3.55. The smallest absolute Gasteiger partial charge is 0.241 e. The Balaban J connectivity index is 1.71. The Morgan fingerprint density at radius 3 is 2.77 bits per heavy atom. The van der Waals surface area contributed by atoms with E-state index in [0.717, 1.165) is 10.0 Å². The second kappa shape index (κ2) is 8.73. The molecule has 0 aliphatic carbocycles. The van der Waals surface area contributed by atoms with Gasteiger partial charge in [0.05, 0.1) is 17.7 Å². The number of carbonyl (C=O) groups is 1. The third-order valence-electron chi connectivity index (χ3n) is 4.28. The molecule has 4 aromatic rings. The molecule has 150 valence electrons. The second-order valence-electron chi connectivity index (χ2n) is 6.27. The van der Waals surface area contributed by atoms with Crippen LogP contribution >= 0.6 is 27.5 Å². The molecule has 0 saturated heterocycles. The molecule has 4 rings (SSSR count). The van der Waals surface area contributed by atoms with E-state index in [1.807, 2.05) is 24.3 Å². The molecule has 0 unspecified atom stereocenters. The van der Waals surface area contributed by atoms with Crippen molar-refractivity contribution in [3.8, 4) is 22.5 Å². The SMILES string of the molecule is O=C(Cc1c(F)cccc1Cl)Nc1onc(-c2cccc(Br)c2)c1-c1ccncn1. The van der Waals surface area contributed by atoms with Crippen molar-refractivity contribution in [1.29, 1.82) is 0 Å². The molecule has 6 nitrogen and oxygen atoms in total. The highest BCUT2D eigenvalue weighted by Gasteiger charge is 2.23. The van der Waals surface area contributed by atoms with Crippen molar-refractivity contribution in [2.45, 2.75) is 6.42 Å². The Kier molecular flexibility index (Phi) is 5.87. The number of aromatic nitrogens is 3. The molecule has 2 aromatic carbocycles. The van der Waals surface area contributed by atoms with Crippen molar-refractivity contribution >= 4 is 39.3 Å². The largest absolute Gasteiger partial charge is 0.337 e. The van der Waals surface area contributed by atoms with Crippen LogP contribution in [0.2, 0.25) is 5.02 Å². The van der Waals surface area contributed by atoms with Crippen LogP contribution < -0.4 is 5.32 Å². The standard InChI is InChI=1S/C21H13BrClFN4O2/c22-13-4-1-3-12(9-13)20-19(17-7-8-25-11-26-17)21(30-28-20)27-18(29)10-14-15(23)5-2-6-16(14)24/h1-9,11H,10H2,(H,27,29). The van der Waals surface area contributed by atoms with Crippen molar-refractivity contribution in [3.05, 3.63) is 81.9 Å². The fourth-order valence-electron chi connectivity index (χ4n) is 2.92. The molecule has 30 heavy (non-hydrogen) atoms. The van der Waals surface area contributed by atoms with Gasteiger partial charge >= 0.3 is 0 Å². The zero-order chi connectivity index (χ0) is 21.1. The quantitative estimate of drug-likeness (QED) is 0.400. The van der Waals surface area contributed by atoms with E-state index in [2.05, 4.69) is 36.4 Å². The average molecular weight is 488 g/mol. The topological polar surface area (TPSA) is 80.9 Å². The first-order valence-electron chi connectivity index (χ1n) is 8.77. The first-order chi connectivity index (χ1) is 14.5. The van der Waals surface area contributed by atoms with Crippen LogP contribution in [-0.4, -0.2) is 21.0 Å². The third-order valence-corrected chi connectivity index (χ3v) is 5.13. The summed E-state index contributed by atoms with van der Waals surface area (Å²) in [5.74, 6) is -0.962. The van der Waals surface area contributed by atoms with Crippen molar-refractivity contribution in [2.75, 3.05) is 5.32 Å². The Morgan fingerprint density at radius 1 is 1.20 bits per heavy atom. The molecule has 0 radical (unpaired) electrons. The maximum Gasteiger partial charge on any atom is 0.241 e. The summed E-state index contributed by atoms with van der Waals surface area (Å²) in [4.78, 5) is 20.8. The van der Waals surface area contributed by atoms with Gasteiger partial charge in [-0.3, -0.25) is 10.1 Å². The van der Waals surface area contributed by atoms with Gasteiger partial charge < -0.3 is 4.52 Å². The summed E-state index contributed by atoms with van der Waals surface area (Å²) in [6.45, 7) is 0. The summed E-state index contributed by atoms with van der Waals surface area (Å²) in [7, 11) is 0. The molecular formula is C21H13BrClFN4O2. The van der Waals surface area contributed by atoms with Gasteiger partial charge in [-0.15, -0.1) is 0 Å². The number of anilines is 1. The predicted octanol–water partition coefficient (Wildman–Crippen LogP) is 5.53. The Morgan fingerprint density at radius 2 is 2.03 bits per heavy atom. The molecule has 2 aromatic heterocycles. The molecule has 0 bridgehead atoms. The van der Waals surface area contributed by atoms with Crippen molar-refractivity contribution in [3.63, 3.8) is 0 Å². The number of rotatable bonds is 5. The molecule has 2 heterocycles. The van der Waals surface area contributed by atoms with Crippen LogP contribution in [0.5, 0.6) is 0 Å². The minimum Gasteiger partial charge on any atom is -0.337 e. The molecule has 0 fully saturated rings. The van der Waals surface area contributed by atoms with Crippen LogP contribution in [0.25, 0.3) is 22.5 Å². The summed E-state index contributed by atoms with van der Waals surface area (Å²) in [6, 6.07) is 13.4. The molecule has 1 N–H and O–H groups in total. The van der Waals surface area contributed by atoms with E-state index in [-0.39, 0.29) is 22.9 Å². The number of amides is 1. The highest BCUT2D eigenvalue weighted by Crippen LogP contribution is 2.37. The summed E-state index contributed by atoms with van der Waals surface area (Å²) in [5, 5.41) is 6.95. The number of nitrogens with one attached hydrogen (secondary N) is 1. The highest BCUT2D eigenvalue weighted by atomic mass is 79.9. The van der Waals surface area contributed by atoms with E-state index in [1.54, 1.807) is 12.3 Å². The lowest BCUT2D eigenvalue weighted by Crippen LogP contribution is -2.15. The normalized spacial score (nSPS) is 10.8. The van der Waals surface area contributed by atoms with Gasteiger partial charge in [0.2, 0.25) is 11.8 Å². The lowest BCUT2D eigenvalue weighted by Gasteiger charge is -2.07. The van der Waals surface area contributed by atoms with E-state index in [9.17, 15) is 9.18 Å². The van der Waals surface area contributed by atoms with Crippen LogP contribution in [0, 0.1) is 5.82 Å². The number of hydrogen-bond acceptors (Lipinski definition) is 5. The molecule has 9 heteroatoms. The van der Waals surface area contributed by atoms with E-state index in [4.69, 9.17) is 16.1 Å². The fraction of sp³-hybridized carbons (Fsp3) is 0.0476. The zero-order valence-electron chi connectivity index (χ0n) is 15.3. The average Bonchev–Trinajstić information content (AvgIpc) is 3.15. The van der Waals surface area contributed by atoms with E-state index < -0.39 is 11.7 Å². The van der Waals surface area contributed by atoms with Crippen LogP contribution in [0.1, 0.15) is 5.56 Å². The van der Waals surface area contributed by atoms with Gasteiger partial charge in [0.15, 0.2) is 0 Å². The van der Waals surface area contributed by atoms with Crippen LogP contribution in [0.3, 0.4) is 0 Å². The summed E-state index contributed by atoms with van der Waals surface area (Å²) >= 11 is 9.46. The van der Waals surface area contributed by atoms with Gasteiger partial charge in [0.1, 0.15) is 17.8 Å². The lowest BCUT2D eigenvalue weighted by molar-refractivity contribution is -0.115. The van der Waals surface area contributed by atoms with Gasteiger partial charge in [-0.25, -0.2) is 14.4 Å². The zero-order valence-corrected chi connectivity index (χ0v) is 17.6. The van der Waals surface area contributed by atoms with Gasteiger partial charge in [0, 0.05) is 26.8 Å². The van der Waals surface area contributed by atoms with Crippen LogP contribution in [-0.2, 0) is 11.2 Å². The molecular weight excluding hydrogens is 475 g/mol. The molecule has 0 aliphatic heterocycles. The van der Waals surface area contributed by atoms with Gasteiger partial charge in [-0.1, -0.05) is 50.9 Å². The van der Waals surface area contributed by atoms with Crippen molar-refractivity contribution in [2.24, 2.45) is 0 Å². The highest BCUT2D eigenvalue weighted by molar-refractivity contribution is 9.10. The van der Waals surface area contributed by atoms with Gasteiger partial charge in [0.25, 0.3) is 0 Å². The number of halogens is 3. The minimum absolute atomic E-state index is 0.0983. The lowest BCUT2D eigenvalue weighted by atomic mass is 10.0. The van der Waals surface area contributed by atoms with Crippen LogP contribution in [0.15, 0.2) is 70.1 Å². The number of carbonyl (C=O) groups excluding carboxylic acids is 1. The maximum atomic E-state index is 14.0. The van der Waals surface area contributed by atoms with E-state index in [0.29, 0.717) is 17.0 Å². The number of nitrogens with zero attached hydrogens (tertiary/aromatic N) is 3. The monoisotopic (exact) mass is 486 g/mol. The van der Waals surface area contributed by atoms with Gasteiger partial charge in [-0.05, 0) is 30.3 Å². The predicted molar refractivity (Wildman–Crippen MR) is 114 cm³/mol. The Labute approximate surface area is 184 Å². The molecule has 1 amide bonds. The maximum absolute atomic E-state index is 14.0. The summed E-state index contributed by atoms with van der Waals surface area (Å²) < 4.78 is 20.3. The van der Waals surface area contributed by atoms with Crippen LogP contribution in [0.4, 0.5) is 10.3 Å². The summed E-state index contributed by atoms with van der Waals surface area (Å²) in [5.41, 5.74) is 2.37. The van der Waals surface area contributed by atoms with Gasteiger partial charge in [-0.2, -0.15) is 0 Å². The Hall–Kier alpha value is -3.10. The van der Waals surface area contributed by atoms with Crippen molar-refractivity contribution < 1.29 is 13.7 Å². The molecule has 0 spiro atoms. The van der Waals surface area contributed by atoms with Crippen molar-refractivity contribution in [1.82, 2.24) is 15.1 Å². The number of hydrogen-bond donors (Lipinski definition) is 1. The van der Waals surface area contributed by atoms with E-state index in [1.165, 1.54) is 24.5 Å². The third kappa shape index (κ3) is 4.24. The summed E-state index contributed by atoms with van der Waals surface area (Å²) in [6.07, 6.45) is 2.70. The first kappa shape index (κ1) is 20.2. The Bertz CT molecular complexity index is 1200. The minimum atomic E-state index is -0.555. The first-order valence-corrected chi connectivity index (χ1v) is 9.95. The number of benzene rings is 2. The molecule has 0 atom stereocenters. The second-order valence-corrected chi connectivity index (χ2v) is 7.59. The van der Waals surface area contributed by atoms with E-state index >= 15 is 0 Å². The molecule has 0 aliphatic rings. The molecule has 0 saturated carbocycles.